The lowest BCUT2D eigenvalue weighted by atomic mass is 9.93. The molecule has 1 heterocycles. The van der Waals surface area contributed by atoms with Gasteiger partial charge in [-0.25, -0.2) is 0 Å². The van der Waals surface area contributed by atoms with Crippen molar-refractivity contribution in [2.24, 2.45) is 0 Å². The normalized spacial score (nSPS) is 18.8. The van der Waals surface area contributed by atoms with Crippen LogP contribution < -0.4 is 5.32 Å². The smallest absolute Gasteiger partial charge is 0.246 e. The molecule has 2 amide bonds. The Morgan fingerprint density at radius 2 is 2.00 bits per heavy atom. The van der Waals surface area contributed by atoms with Crippen molar-refractivity contribution < 1.29 is 14.4 Å². The third kappa shape index (κ3) is 3.96. The van der Waals surface area contributed by atoms with Gasteiger partial charge >= 0.3 is 0 Å². The lowest BCUT2D eigenvalue weighted by Crippen LogP contribution is -2.52. The van der Waals surface area contributed by atoms with Gasteiger partial charge in [0.15, 0.2) is 7.85 Å². The number of likely N-dealkylation sites (tertiary alicyclic amines) is 1. The lowest BCUT2D eigenvalue weighted by molar-refractivity contribution is -0.139. The highest BCUT2D eigenvalue weighted by Crippen LogP contribution is 2.19. The molecule has 2 rings (SSSR count). The molecule has 2 atom stereocenters. The fourth-order valence-corrected chi connectivity index (χ4v) is 2.95. The number of nitrogens with zero attached hydrogens (tertiary/aromatic N) is 1. The van der Waals surface area contributed by atoms with E-state index in [1.54, 1.807) is 4.90 Å². The van der Waals surface area contributed by atoms with Crippen molar-refractivity contribution in [3.05, 3.63) is 35.9 Å². The van der Waals surface area contributed by atoms with E-state index in [-0.39, 0.29) is 23.5 Å². The summed E-state index contributed by atoms with van der Waals surface area (Å²) < 4.78 is 0. The van der Waals surface area contributed by atoms with Crippen molar-refractivity contribution in [1.29, 1.82) is 0 Å². The second-order valence-corrected chi connectivity index (χ2v) is 5.74. The monoisotopic (exact) mass is 300 g/mol. The minimum atomic E-state index is -0.625. The highest BCUT2D eigenvalue weighted by molar-refractivity contribution is 6.59. The fourth-order valence-electron chi connectivity index (χ4n) is 2.95. The van der Waals surface area contributed by atoms with Crippen molar-refractivity contribution in [3.8, 4) is 0 Å². The molecule has 0 spiro atoms. The molecule has 1 aromatic rings. The van der Waals surface area contributed by atoms with Gasteiger partial charge in [0.2, 0.25) is 11.8 Å². The Bertz CT molecular complexity index is 562. The van der Waals surface area contributed by atoms with E-state index in [0.717, 1.165) is 12.0 Å². The number of nitrogens with one attached hydrogen (secondary N) is 1. The summed E-state index contributed by atoms with van der Waals surface area (Å²) in [5.41, 5.74) is 0.986. The van der Waals surface area contributed by atoms with Crippen LogP contribution in [0.3, 0.4) is 0 Å². The Labute approximate surface area is 131 Å². The standard InChI is InChI=1S/C16H21BN2O3/c1-11(20)18-13(10-12-6-3-2-4-7-12)16(22)19-9-5-8-14(19)15(17)21/h2-4,6-7,13-14H,5,8-10,17H2,1H3,(H,18,20)/t13?,14-/m0/s1. The van der Waals surface area contributed by atoms with Crippen molar-refractivity contribution in [3.63, 3.8) is 0 Å². The molecule has 1 unspecified atom stereocenters. The molecule has 0 aromatic heterocycles. The van der Waals surface area contributed by atoms with Crippen LogP contribution in [0.15, 0.2) is 30.3 Å². The maximum absolute atomic E-state index is 12.8. The quantitative estimate of drug-likeness (QED) is 0.771. The first-order valence-electron chi connectivity index (χ1n) is 7.61. The lowest BCUT2D eigenvalue weighted by Gasteiger charge is -2.28. The van der Waals surface area contributed by atoms with Crippen LogP contribution in [0, 0.1) is 0 Å². The van der Waals surface area contributed by atoms with Crippen LogP contribution in [0.5, 0.6) is 0 Å². The Balaban J connectivity index is 2.15. The van der Waals surface area contributed by atoms with E-state index in [1.807, 2.05) is 30.3 Å². The topological polar surface area (TPSA) is 66.5 Å². The summed E-state index contributed by atoms with van der Waals surface area (Å²) in [6.45, 7) is 1.98. The molecule has 6 heteroatoms. The van der Waals surface area contributed by atoms with Crippen LogP contribution in [-0.4, -0.2) is 48.9 Å². The number of hydrogen-bond donors (Lipinski definition) is 1. The second-order valence-electron chi connectivity index (χ2n) is 5.74. The maximum Gasteiger partial charge on any atom is 0.246 e. The highest BCUT2D eigenvalue weighted by Gasteiger charge is 2.35. The predicted molar refractivity (Wildman–Crippen MR) is 86.0 cm³/mol. The van der Waals surface area contributed by atoms with Gasteiger partial charge in [-0.2, -0.15) is 0 Å². The first-order valence-corrected chi connectivity index (χ1v) is 7.61. The first kappa shape index (κ1) is 16.3. The van der Waals surface area contributed by atoms with E-state index < -0.39 is 6.04 Å². The van der Waals surface area contributed by atoms with Crippen LogP contribution in [-0.2, 0) is 20.8 Å². The predicted octanol–water partition coefficient (Wildman–Crippen LogP) is -0.116. The van der Waals surface area contributed by atoms with Gasteiger partial charge in [0, 0.05) is 19.9 Å². The van der Waals surface area contributed by atoms with Crippen LogP contribution in [0.25, 0.3) is 0 Å². The Morgan fingerprint density at radius 1 is 1.32 bits per heavy atom. The van der Waals surface area contributed by atoms with Crippen molar-refractivity contribution in [2.45, 2.75) is 38.3 Å². The number of hydrogen-bond acceptors (Lipinski definition) is 3. The van der Waals surface area contributed by atoms with Gasteiger partial charge < -0.3 is 15.0 Å². The van der Waals surface area contributed by atoms with Gasteiger partial charge in [-0.3, -0.25) is 9.59 Å². The van der Waals surface area contributed by atoms with Crippen molar-refractivity contribution >= 4 is 25.3 Å². The zero-order valence-corrected chi connectivity index (χ0v) is 13.0. The van der Waals surface area contributed by atoms with E-state index in [0.29, 0.717) is 19.4 Å². The zero-order chi connectivity index (χ0) is 16.1. The summed E-state index contributed by atoms with van der Waals surface area (Å²) in [7, 11) is 1.51. The molecule has 1 N–H and O–H groups in total. The number of carbonyl (C=O) groups is 3. The average Bonchev–Trinajstić information content (AvgIpc) is 2.96. The molecule has 0 radical (unpaired) electrons. The summed E-state index contributed by atoms with van der Waals surface area (Å²) in [5, 5.41) is 2.72. The molecule has 22 heavy (non-hydrogen) atoms. The molecule has 1 aromatic carbocycles. The minimum absolute atomic E-state index is 0.00661. The zero-order valence-electron chi connectivity index (χ0n) is 13.0. The Hall–Kier alpha value is -2.11. The van der Waals surface area contributed by atoms with E-state index in [1.165, 1.54) is 14.8 Å². The SMILES string of the molecule is BC(=O)[C@@H]1CCCN1C(=O)C(Cc1ccccc1)NC(C)=O. The van der Waals surface area contributed by atoms with Crippen molar-refractivity contribution in [1.82, 2.24) is 10.2 Å². The number of rotatable bonds is 5. The molecule has 0 bridgehead atoms. The summed E-state index contributed by atoms with van der Waals surface area (Å²) in [6.07, 6.45) is 1.97. The average molecular weight is 300 g/mol. The van der Waals surface area contributed by atoms with Crippen LogP contribution >= 0.6 is 0 Å². The second kappa shape index (κ2) is 7.25. The molecular formula is C16H21BN2O3. The Kier molecular flexibility index (Phi) is 5.36. The maximum atomic E-state index is 12.8. The highest BCUT2D eigenvalue weighted by atomic mass is 16.2. The fraction of sp³-hybridized carbons (Fsp3) is 0.438. The largest absolute Gasteiger partial charge is 0.344 e. The van der Waals surface area contributed by atoms with Crippen LogP contribution in [0.2, 0.25) is 0 Å². The molecule has 1 aliphatic heterocycles. The van der Waals surface area contributed by atoms with Gasteiger partial charge in [0.1, 0.15) is 11.7 Å². The van der Waals surface area contributed by atoms with Gasteiger partial charge in [0.25, 0.3) is 0 Å². The molecule has 1 fully saturated rings. The molecule has 1 aliphatic rings. The summed E-state index contributed by atoms with van der Waals surface area (Å²) in [6, 6.07) is 8.59. The molecule has 0 saturated carbocycles. The molecule has 0 aliphatic carbocycles. The third-order valence-corrected chi connectivity index (χ3v) is 3.96. The molecular weight excluding hydrogens is 279 g/mol. The third-order valence-electron chi connectivity index (χ3n) is 3.96. The molecule has 116 valence electrons. The minimum Gasteiger partial charge on any atom is -0.344 e. The van der Waals surface area contributed by atoms with Crippen LogP contribution in [0.4, 0.5) is 0 Å². The summed E-state index contributed by atoms with van der Waals surface area (Å²) >= 11 is 0. The number of amides is 2. The first-order chi connectivity index (χ1) is 10.5. The Morgan fingerprint density at radius 3 is 2.59 bits per heavy atom. The van der Waals surface area contributed by atoms with Gasteiger partial charge in [-0.05, 0) is 18.4 Å². The number of carbonyl (C=O) groups excluding carboxylic acids is 3. The summed E-state index contributed by atoms with van der Waals surface area (Å²) in [4.78, 5) is 37.5. The van der Waals surface area contributed by atoms with E-state index in [2.05, 4.69) is 5.32 Å². The molecule has 1 saturated heterocycles. The van der Waals surface area contributed by atoms with Gasteiger partial charge in [-0.1, -0.05) is 30.3 Å². The van der Waals surface area contributed by atoms with E-state index in [9.17, 15) is 14.4 Å². The van der Waals surface area contributed by atoms with Crippen LogP contribution in [0.1, 0.15) is 25.3 Å². The summed E-state index contributed by atoms with van der Waals surface area (Å²) in [5.74, 6) is -0.412. The van der Waals surface area contributed by atoms with Gasteiger partial charge in [-0.15, -0.1) is 0 Å². The number of benzene rings is 1. The van der Waals surface area contributed by atoms with E-state index in [4.69, 9.17) is 0 Å². The van der Waals surface area contributed by atoms with Gasteiger partial charge in [0.05, 0.1) is 6.04 Å². The molecule has 5 nitrogen and oxygen atoms in total. The van der Waals surface area contributed by atoms with E-state index >= 15 is 0 Å². The van der Waals surface area contributed by atoms with Crippen molar-refractivity contribution in [2.75, 3.05) is 6.54 Å².